The van der Waals surface area contributed by atoms with E-state index in [0.29, 0.717) is 18.6 Å². The molecule has 0 amide bonds. The van der Waals surface area contributed by atoms with Gasteiger partial charge in [-0.2, -0.15) is 5.10 Å². The molecule has 0 bridgehead atoms. The molecule has 1 fully saturated rings. The van der Waals surface area contributed by atoms with Crippen LogP contribution in [-0.4, -0.2) is 34.5 Å². The van der Waals surface area contributed by atoms with Gasteiger partial charge in [0.2, 0.25) is 0 Å². The van der Waals surface area contributed by atoms with E-state index in [1.807, 2.05) is 4.68 Å². The van der Waals surface area contributed by atoms with E-state index in [1.165, 1.54) is 12.8 Å². The van der Waals surface area contributed by atoms with Gasteiger partial charge in [0.15, 0.2) is 5.82 Å². The molecule has 1 saturated heterocycles. The largest absolute Gasteiger partial charge is 0.373 e. The zero-order chi connectivity index (χ0) is 12.1. The highest BCUT2D eigenvalue weighted by atomic mass is 16.5. The third kappa shape index (κ3) is 3.51. The lowest BCUT2D eigenvalue weighted by atomic mass is 9.99. The molecule has 1 aromatic rings. The molecule has 17 heavy (non-hydrogen) atoms. The topological polar surface area (TPSA) is 52.0 Å². The van der Waals surface area contributed by atoms with E-state index in [2.05, 4.69) is 29.2 Å². The highest BCUT2D eigenvalue weighted by molar-refractivity contribution is 4.83. The lowest BCUT2D eigenvalue weighted by Gasteiger charge is -2.22. The monoisotopic (exact) mass is 238 g/mol. The predicted molar refractivity (Wildman–Crippen MR) is 65.7 cm³/mol. The number of hydrogen-bond acceptors (Lipinski definition) is 4. The van der Waals surface area contributed by atoms with Crippen LogP contribution in [0.2, 0.25) is 0 Å². The van der Waals surface area contributed by atoms with Gasteiger partial charge < -0.3 is 10.1 Å². The van der Waals surface area contributed by atoms with Crippen molar-refractivity contribution >= 4 is 0 Å². The molecule has 2 rings (SSSR count). The summed E-state index contributed by atoms with van der Waals surface area (Å²) in [5, 5.41) is 7.56. The summed E-state index contributed by atoms with van der Waals surface area (Å²) in [5.74, 6) is 1.63. The fourth-order valence-corrected chi connectivity index (χ4v) is 2.17. The van der Waals surface area contributed by atoms with Crippen molar-refractivity contribution in [3.63, 3.8) is 0 Å². The molecule has 5 heteroatoms. The Morgan fingerprint density at radius 1 is 1.47 bits per heavy atom. The Morgan fingerprint density at radius 3 is 2.94 bits per heavy atom. The van der Waals surface area contributed by atoms with Crippen molar-refractivity contribution in [2.45, 2.75) is 39.3 Å². The van der Waals surface area contributed by atoms with Crippen molar-refractivity contribution in [1.29, 1.82) is 0 Å². The Balaban J connectivity index is 1.75. The molecule has 2 heterocycles. The van der Waals surface area contributed by atoms with E-state index >= 15 is 0 Å². The zero-order valence-electron chi connectivity index (χ0n) is 10.7. The van der Waals surface area contributed by atoms with E-state index in [0.717, 1.165) is 25.5 Å². The summed E-state index contributed by atoms with van der Waals surface area (Å²) in [4.78, 5) is 4.23. The van der Waals surface area contributed by atoms with Gasteiger partial charge in [0.05, 0.1) is 6.61 Å². The van der Waals surface area contributed by atoms with Gasteiger partial charge in [0.25, 0.3) is 0 Å². The van der Waals surface area contributed by atoms with Crippen LogP contribution in [0.1, 0.15) is 38.6 Å². The third-order valence-electron chi connectivity index (χ3n) is 3.18. The summed E-state index contributed by atoms with van der Waals surface area (Å²) < 4.78 is 7.68. The second-order valence-electron chi connectivity index (χ2n) is 4.92. The van der Waals surface area contributed by atoms with E-state index < -0.39 is 0 Å². The molecular weight excluding hydrogens is 216 g/mol. The van der Waals surface area contributed by atoms with Gasteiger partial charge in [-0.15, -0.1) is 0 Å². The van der Waals surface area contributed by atoms with Crippen LogP contribution in [0.5, 0.6) is 0 Å². The summed E-state index contributed by atoms with van der Waals surface area (Å²) in [6, 6.07) is 0.343. The lowest BCUT2D eigenvalue weighted by Crippen LogP contribution is -2.30. The number of piperidine rings is 1. The van der Waals surface area contributed by atoms with E-state index in [-0.39, 0.29) is 0 Å². The Labute approximate surface area is 103 Å². The molecule has 0 saturated carbocycles. The summed E-state index contributed by atoms with van der Waals surface area (Å²) >= 11 is 0. The normalized spacial score (nSPS) is 17.8. The van der Waals surface area contributed by atoms with Crippen LogP contribution >= 0.6 is 0 Å². The lowest BCUT2D eigenvalue weighted by molar-refractivity contribution is 0.0694. The van der Waals surface area contributed by atoms with Crippen molar-refractivity contribution in [1.82, 2.24) is 20.1 Å². The molecule has 1 aliphatic heterocycles. The Morgan fingerprint density at radius 2 is 2.24 bits per heavy atom. The van der Waals surface area contributed by atoms with Crippen LogP contribution < -0.4 is 5.32 Å². The number of hydrogen-bond donors (Lipinski definition) is 1. The average molecular weight is 238 g/mol. The van der Waals surface area contributed by atoms with Gasteiger partial charge in [-0.3, -0.25) is 0 Å². The molecule has 0 radical (unpaired) electrons. The number of ether oxygens (including phenoxy) is 1. The number of aromatic nitrogens is 3. The van der Waals surface area contributed by atoms with E-state index in [9.17, 15) is 0 Å². The SMILES string of the molecule is CC(C)n1ncnc1COCC1CCNCC1. The maximum Gasteiger partial charge on any atom is 0.153 e. The van der Waals surface area contributed by atoms with Crippen molar-refractivity contribution in [3.05, 3.63) is 12.2 Å². The maximum absolute atomic E-state index is 5.76. The Kier molecular flexibility index (Phi) is 4.50. The Hall–Kier alpha value is -0.940. The third-order valence-corrected chi connectivity index (χ3v) is 3.18. The fraction of sp³-hybridized carbons (Fsp3) is 0.833. The zero-order valence-corrected chi connectivity index (χ0v) is 10.7. The molecule has 5 nitrogen and oxygen atoms in total. The highest BCUT2D eigenvalue weighted by Gasteiger charge is 2.14. The van der Waals surface area contributed by atoms with E-state index in [1.54, 1.807) is 6.33 Å². The first kappa shape index (κ1) is 12.5. The molecule has 0 spiro atoms. The van der Waals surface area contributed by atoms with E-state index in [4.69, 9.17) is 4.74 Å². The quantitative estimate of drug-likeness (QED) is 0.842. The first-order valence-electron chi connectivity index (χ1n) is 6.44. The van der Waals surface area contributed by atoms with Gasteiger partial charge in [-0.05, 0) is 45.7 Å². The minimum atomic E-state index is 0.343. The number of nitrogens with zero attached hydrogens (tertiary/aromatic N) is 3. The first-order chi connectivity index (χ1) is 8.27. The van der Waals surface area contributed by atoms with Crippen molar-refractivity contribution in [2.75, 3.05) is 19.7 Å². The molecule has 0 atom stereocenters. The fourth-order valence-electron chi connectivity index (χ4n) is 2.17. The van der Waals surface area contributed by atoms with Gasteiger partial charge in [-0.25, -0.2) is 9.67 Å². The van der Waals surface area contributed by atoms with Crippen molar-refractivity contribution < 1.29 is 4.74 Å². The summed E-state index contributed by atoms with van der Waals surface area (Å²) in [7, 11) is 0. The second kappa shape index (κ2) is 6.12. The van der Waals surface area contributed by atoms with Crippen LogP contribution in [0.3, 0.4) is 0 Å². The average Bonchev–Trinajstić information content (AvgIpc) is 2.79. The van der Waals surface area contributed by atoms with Gasteiger partial charge >= 0.3 is 0 Å². The van der Waals surface area contributed by atoms with Crippen LogP contribution in [-0.2, 0) is 11.3 Å². The smallest absolute Gasteiger partial charge is 0.153 e. The Bertz CT molecular complexity index is 331. The maximum atomic E-state index is 5.76. The van der Waals surface area contributed by atoms with Crippen LogP contribution in [0, 0.1) is 5.92 Å². The predicted octanol–water partition coefficient (Wildman–Crippen LogP) is 1.38. The highest BCUT2D eigenvalue weighted by Crippen LogP contribution is 2.13. The summed E-state index contributed by atoms with van der Waals surface area (Å²) in [6.07, 6.45) is 4.04. The minimum Gasteiger partial charge on any atom is -0.373 e. The standard InChI is InChI=1S/C12H22N4O/c1-10(2)16-12(14-9-15-16)8-17-7-11-3-5-13-6-4-11/h9-11,13H,3-8H2,1-2H3. The molecule has 0 aliphatic carbocycles. The molecule has 0 aromatic carbocycles. The second-order valence-corrected chi connectivity index (χ2v) is 4.92. The molecule has 96 valence electrons. The summed E-state index contributed by atoms with van der Waals surface area (Å²) in [6.45, 7) is 7.86. The molecule has 1 aliphatic rings. The molecule has 1 aromatic heterocycles. The number of nitrogens with one attached hydrogen (secondary N) is 1. The van der Waals surface area contributed by atoms with Crippen molar-refractivity contribution in [2.24, 2.45) is 5.92 Å². The van der Waals surface area contributed by atoms with Crippen LogP contribution in [0.15, 0.2) is 6.33 Å². The summed E-state index contributed by atoms with van der Waals surface area (Å²) in [5.41, 5.74) is 0. The van der Waals surface area contributed by atoms with Crippen LogP contribution in [0.4, 0.5) is 0 Å². The van der Waals surface area contributed by atoms with Gasteiger partial charge in [0, 0.05) is 6.04 Å². The van der Waals surface area contributed by atoms with Crippen LogP contribution in [0.25, 0.3) is 0 Å². The number of rotatable bonds is 5. The van der Waals surface area contributed by atoms with Gasteiger partial charge in [-0.1, -0.05) is 0 Å². The van der Waals surface area contributed by atoms with Gasteiger partial charge in [0.1, 0.15) is 12.9 Å². The minimum absolute atomic E-state index is 0.343. The van der Waals surface area contributed by atoms with Crippen molar-refractivity contribution in [3.8, 4) is 0 Å². The molecule has 1 N–H and O–H groups in total. The first-order valence-corrected chi connectivity index (χ1v) is 6.44. The molecule has 0 unspecified atom stereocenters. The molecular formula is C12H22N4O.